The minimum atomic E-state index is -0.0320. The van der Waals surface area contributed by atoms with E-state index < -0.39 is 0 Å². The Morgan fingerprint density at radius 1 is 1.45 bits per heavy atom. The summed E-state index contributed by atoms with van der Waals surface area (Å²) in [4.78, 5) is 13.7. The number of carbonyl (C=O) groups excluding carboxylic acids is 1. The molecule has 1 aromatic carbocycles. The smallest absolute Gasteiger partial charge is 0.213 e. The summed E-state index contributed by atoms with van der Waals surface area (Å²) in [6, 6.07) is 7.59. The first kappa shape index (κ1) is 15.3. The van der Waals surface area contributed by atoms with Crippen molar-refractivity contribution in [2.75, 3.05) is 20.0 Å². The van der Waals surface area contributed by atoms with Gasteiger partial charge in [-0.25, -0.2) is 0 Å². The lowest BCUT2D eigenvalue weighted by atomic mass is 10.1. The van der Waals surface area contributed by atoms with Crippen LogP contribution in [-0.2, 0) is 11.3 Å². The minimum absolute atomic E-state index is 0.0320. The lowest BCUT2D eigenvalue weighted by molar-refractivity contribution is 0.102. The predicted molar refractivity (Wildman–Crippen MR) is 83.5 cm³/mol. The predicted octanol–water partition coefficient (Wildman–Crippen LogP) is 3.24. The molecule has 0 radical (unpaired) electrons. The van der Waals surface area contributed by atoms with E-state index in [-0.39, 0.29) is 5.78 Å². The molecule has 0 aliphatic carbocycles. The van der Waals surface area contributed by atoms with E-state index in [2.05, 4.69) is 21.0 Å². The first-order valence-electron chi connectivity index (χ1n) is 6.07. The topological polar surface area (TPSA) is 44.1 Å². The van der Waals surface area contributed by atoms with Crippen molar-refractivity contribution in [2.24, 2.45) is 0 Å². The number of hydrogen-bond acceptors (Lipinski definition) is 4. The van der Waals surface area contributed by atoms with Gasteiger partial charge in [0.05, 0.1) is 23.8 Å². The van der Waals surface area contributed by atoms with Gasteiger partial charge in [0.15, 0.2) is 0 Å². The Kier molecular flexibility index (Phi) is 5.39. The normalized spacial score (nSPS) is 10.8. The van der Waals surface area contributed by atoms with Crippen LogP contribution in [0.25, 0.3) is 0 Å². The third-order valence-electron chi connectivity index (χ3n) is 2.87. The number of carbonyl (C=O) groups is 1. The van der Waals surface area contributed by atoms with Crippen molar-refractivity contribution in [3.8, 4) is 0 Å². The molecule has 0 amide bonds. The monoisotopic (exact) mass is 354 g/mol. The zero-order chi connectivity index (χ0) is 14.5. The standard InChI is InChI=1S/C14H15BrN2O2S/c1-19-8-7-17-13(11(15)9-16-17)14(18)10-5-3-4-6-12(10)20-2/h3-6,9H,7-8H2,1-2H3. The second kappa shape index (κ2) is 7.06. The Morgan fingerprint density at radius 3 is 2.90 bits per heavy atom. The molecule has 106 valence electrons. The van der Waals surface area contributed by atoms with Crippen molar-refractivity contribution in [3.05, 3.63) is 46.2 Å². The van der Waals surface area contributed by atoms with Crippen LogP contribution in [0.5, 0.6) is 0 Å². The Bertz CT molecular complexity index is 613. The summed E-state index contributed by atoms with van der Waals surface area (Å²) < 4.78 is 7.43. The Balaban J connectivity index is 2.40. The molecular weight excluding hydrogens is 340 g/mol. The molecule has 20 heavy (non-hydrogen) atoms. The van der Waals surface area contributed by atoms with Gasteiger partial charge < -0.3 is 4.74 Å². The molecule has 1 aromatic heterocycles. The zero-order valence-corrected chi connectivity index (χ0v) is 13.7. The number of aromatic nitrogens is 2. The van der Waals surface area contributed by atoms with Gasteiger partial charge in [-0.2, -0.15) is 5.10 Å². The Morgan fingerprint density at radius 2 is 2.20 bits per heavy atom. The molecule has 0 saturated carbocycles. The molecular formula is C14H15BrN2O2S. The SMILES string of the molecule is COCCn1ncc(Br)c1C(=O)c1ccccc1SC. The van der Waals surface area contributed by atoms with E-state index in [1.165, 1.54) is 0 Å². The quantitative estimate of drug-likeness (QED) is 0.589. The summed E-state index contributed by atoms with van der Waals surface area (Å²) in [5.74, 6) is -0.0320. The first-order chi connectivity index (χ1) is 9.69. The van der Waals surface area contributed by atoms with Crippen molar-refractivity contribution in [2.45, 2.75) is 11.4 Å². The summed E-state index contributed by atoms with van der Waals surface area (Å²) in [5, 5.41) is 4.22. The largest absolute Gasteiger partial charge is 0.383 e. The number of benzene rings is 1. The molecule has 0 aliphatic rings. The van der Waals surface area contributed by atoms with Gasteiger partial charge in [-0.15, -0.1) is 11.8 Å². The summed E-state index contributed by atoms with van der Waals surface area (Å²) in [7, 11) is 1.63. The van der Waals surface area contributed by atoms with Crippen LogP contribution in [-0.4, -0.2) is 35.5 Å². The van der Waals surface area contributed by atoms with Gasteiger partial charge in [0.25, 0.3) is 0 Å². The number of nitrogens with zero attached hydrogens (tertiary/aromatic N) is 2. The first-order valence-corrected chi connectivity index (χ1v) is 8.08. The molecule has 0 aliphatic heterocycles. The maximum Gasteiger partial charge on any atom is 0.213 e. The lowest BCUT2D eigenvalue weighted by Gasteiger charge is -2.09. The molecule has 0 bridgehead atoms. The van der Waals surface area contributed by atoms with Crippen LogP contribution < -0.4 is 0 Å². The highest BCUT2D eigenvalue weighted by atomic mass is 79.9. The average molecular weight is 355 g/mol. The maximum atomic E-state index is 12.7. The number of thioether (sulfide) groups is 1. The number of ketones is 1. The van der Waals surface area contributed by atoms with Crippen LogP contribution >= 0.6 is 27.7 Å². The van der Waals surface area contributed by atoms with E-state index in [4.69, 9.17) is 4.74 Å². The fourth-order valence-electron chi connectivity index (χ4n) is 1.90. The van der Waals surface area contributed by atoms with E-state index in [1.54, 1.807) is 29.8 Å². The van der Waals surface area contributed by atoms with Gasteiger partial charge in [-0.1, -0.05) is 12.1 Å². The second-order valence-electron chi connectivity index (χ2n) is 4.09. The number of rotatable bonds is 6. The summed E-state index contributed by atoms with van der Waals surface area (Å²) in [6.45, 7) is 1.06. The maximum absolute atomic E-state index is 12.7. The second-order valence-corrected chi connectivity index (χ2v) is 5.79. The van der Waals surface area contributed by atoms with Gasteiger partial charge in [0.2, 0.25) is 5.78 Å². The van der Waals surface area contributed by atoms with Crippen LogP contribution in [0.2, 0.25) is 0 Å². The van der Waals surface area contributed by atoms with E-state index in [0.29, 0.717) is 28.9 Å². The third kappa shape index (κ3) is 3.13. The summed E-state index contributed by atoms with van der Waals surface area (Å²) >= 11 is 4.96. The molecule has 2 rings (SSSR count). The highest BCUT2D eigenvalue weighted by molar-refractivity contribution is 9.10. The van der Waals surface area contributed by atoms with Crippen molar-refractivity contribution in [3.63, 3.8) is 0 Å². The third-order valence-corrected chi connectivity index (χ3v) is 4.24. The van der Waals surface area contributed by atoms with Crippen LogP contribution in [0.15, 0.2) is 39.8 Å². The molecule has 0 fully saturated rings. The van der Waals surface area contributed by atoms with Gasteiger partial charge in [0.1, 0.15) is 5.69 Å². The Hall–Kier alpha value is -1.11. The van der Waals surface area contributed by atoms with E-state index >= 15 is 0 Å². The molecule has 0 spiro atoms. The minimum Gasteiger partial charge on any atom is -0.383 e. The zero-order valence-electron chi connectivity index (χ0n) is 11.3. The van der Waals surface area contributed by atoms with Crippen molar-refractivity contribution < 1.29 is 9.53 Å². The molecule has 2 aromatic rings. The molecule has 4 nitrogen and oxygen atoms in total. The highest BCUT2D eigenvalue weighted by Gasteiger charge is 2.20. The molecule has 0 N–H and O–H groups in total. The van der Waals surface area contributed by atoms with Gasteiger partial charge in [-0.05, 0) is 34.3 Å². The molecule has 1 heterocycles. The van der Waals surface area contributed by atoms with Gasteiger partial charge >= 0.3 is 0 Å². The van der Waals surface area contributed by atoms with Crippen molar-refractivity contribution in [1.29, 1.82) is 0 Å². The van der Waals surface area contributed by atoms with Crippen LogP contribution in [0.3, 0.4) is 0 Å². The number of methoxy groups -OCH3 is 1. The van der Waals surface area contributed by atoms with E-state index in [9.17, 15) is 4.79 Å². The van der Waals surface area contributed by atoms with E-state index in [0.717, 1.165) is 4.90 Å². The fraction of sp³-hybridized carbons (Fsp3) is 0.286. The lowest BCUT2D eigenvalue weighted by Crippen LogP contribution is -2.15. The highest BCUT2D eigenvalue weighted by Crippen LogP contribution is 2.26. The molecule has 0 atom stereocenters. The molecule has 6 heteroatoms. The average Bonchev–Trinajstić information content (AvgIpc) is 2.85. The van der Waals surface area contributed by atoms with Crippen molar-refractivity contribution >= 4 is 33.5 Å². The Labute approximate surface area is 130 Å². The number of halogens is 1. The van der Waals surface area contributed by atoms with Crippen molar-refractivity contribution in [1.82, 2.24) is 9.78 Å². The summed E-state index contributed by atoms with van der Waals surface area (Å²) in [6.07, 6.45) is 3.61. The van der Waals surface area contributed by atoms with Gasteiger partial charge in [-0.3, -0.25) is 9.48 Å². The molecule has 0 unspecified atom stereocenters. The summed E-state index contributed by atoms with van der Waals surface area (Å²) in [5.41, 5.74) is 1.25. The fourth-order valence-corrected chi connectivity index (χ4v) is 2.97. The number of hydrogen-bond donors (Lipinski definition) is 0. The number of ether oxygens (including phenoxy) is 1. The van der Waals surface area contributed by atoms with Crippen LogP contribution in [0.1, 0.15) is 16.1 Å². The van der Waals surface area contributed by atoms with Crippen LogP contribution in [0, 0.1) is 0 Å². The van der Waals surface area contributed by atoms with E-state index in [1.807, 2.05) is 30.5 Å². The van der Waals surface area contributed by atoms with Gasteiger partial charge in [0, 0.05) is 17.6 Å². The molecule has 0 saturated heterocycles. The van der Waals surface area contributed by atoms with Crippen LogP contribution in [0.4, 0.5) is 0 Å².